The molecular formula is C25H31ClN2O2S. The van der Waals surface area contributed by atoms with Gasteiger partial charge in [0.05, 0.1) is 0 Å². The quantitative estimate of drug-likeness (QED) is 0.491. The van der Waals surface area contributed by atoms with Crippen LogP contribution in [0.15, 0.2) is 59.5 Å². The number of halogens is 1. The summed E-state index contributed by atoms with van der Waals surface area (Å²) in [6.45, 7) is 2.27. The van der Waals surface area contributed by atoms with Crippen molar-refractivity contribution < 1.29 is 9.59 Å². The first-order chi connectivity index (χ1) is 15.0. The molecule has 1 N–H and O–H groups in total. The lowest BCUT2D eigenvalue weighted by Gasteiger charge is -2.31. The van der Waals surface area contributed by atoms with E-state index in [0.29, 0.717) is 23.7 Å². The predicted molar refractivity (Wildman–Crippen MR) is 128 cm³/mol. The van der Waals surface area contributed by atoms with Crippen molar-refractivity contribution in [2.24, 2.45) is 0 Å². The summed E-state index contributed by atoms with van der Waals surface area (Å²) < 4.78 is 0. The molecule has 1 saturated carbocycles. The van der Waals surface area contributed by atoms with E-state index in [9.17, 15) is 9.59 Å². The van der Waals surface area contributed by atoms with Gasteiger partial charge in [0.25, 0.3) is 0 Å². The lowest BCUT2D eigenvalue weighted by molar-refractivity contribution is -0.140. The predicted octanol–water partition coefficient (Wildman–Crippen LogP) is 5.69. The highest BCUT2D eigenvalue weighted by Crippen LogP contribution is 2.22. The van der Waals surface area contributed by atoms with Gasteiger partial charge in [-0.25, -0.2) is 0 Å². The fraction of sp³-hybridized carbons (Fsp3) is 0.440. The zero-order valence-electron chi connectivity index (χ0n) is 18.1. The maximum absolute atomic E-state index is 13.1. The van der Waals surface area contributed by atoms with Gasteiger partial charge >= 0.3 is 0 Å². The second-order valence-electron chi connectivity index (χ2n) is 8.08. The Labute approximate surface area is 194 Å². The minimum atomic E-state index is -0.504. The molecule has 4 nitrogen and oxygen atoms in total. The van der Waals surface area contributed by atoms with Crippen molar-refractivity contribution in [3.8, 4) is 0 Å². The van der Waals surface area contributed by atoms with E-state index in [2.05, 4.69) is 5.32 Å². The van der Waals surface area contributed by atoms with E-state index in [-0.39, 0.29) is 17.9 Å². The number of nitrogens with zero attached hydrogens (tertiary/aromatic N) is 1. The van der Waals surface area contributed by atoms with Crippen LogP contribution in [0.2, 0.25) is 5.02 Å². The molecule has 1 fully saturated rings. The van der Waals surface area contributed by atoms with Crippen LogP contribution >= 0.6 is 23.4 Å². The van der Waals surface area contributed by atoms with Gasteiger partial charge in [0.2, 0.25) is 11.8 Å². The van der Waals surface area contributed by atoms with Gasteiger partial charge in [0.15, 0.2) is 0 Å². The topological polar surface area (TPSA) is 49.4 Å². The van der Waals surface area contributed by atoms with Gasteiger partial charge in [-0.1, -0.05) is 61.2 Å². The molecule has 2 aromatic carbocycles. The summed E-state index contributed by atoms with van der Waals surface area (Å²) in [6, 6.07) is 17.2. The summed E-state index contributed by atoms with van der Waals surface area (Å²) in [5.74, 6) is 0.598. The zero-order chi connectivity index (χ0) is 22.1. The van der Waals surface area contributed by atoms with Crippen molar-refractivity contribution >= 4 is 35.2 Å². The first-order valence-electron chi connectivity index (χ1n) is 11.0. The number of carbonyl (C=O) groups excluding carboxylic acids is 2. The third-order valence-electron chi connectivity index (χ3n) is 5.71. The summed E-state index contributed by atoms with van der Waals surface area (Å²) >= 11 is 7.56. The third-order valence-corrected chi connectivity index (χ3v) is 6.98. The molecule has 0 heterocycles. The van der Waals surface area contributed by atoms with E-state index in [1.54, 1.807) is 16.7 Å². The molecule has 1 aliphatic carbocycles. The Kier molecular flexibility index (Phi) is 9.29. The van der Waals surface area contributed by atoms with Gasteiger partial charge in [0.1, 0.15) is 6.04 Å². The van der Waals surface area contributed by atoms with Crippen LogP contribution in [0.5, 0.6) is 0 Å². The van der Waals surface area contributed by atoms with Crippen LogP contribution in [0.25, 0.3) is 0 Å². The van der Waals surface area contributed by atoms with Gasteiger partial charge < -0.3 is 10.2 Å². The molecule has 1 aliphatic rings. The molecule has 0 aliphatic heterocycles. The summed E-state index contributed by atoms with van der Waals surface area (Å²) in [5, 5.41) is 3.88. The molecule has 0 radical (unpaired) electrons. The second kappa shape index (κ2) is 12.2. The molecule has 6 heteroatoms. The van der Waals surface area contributed by atoms with Crippen molar-refractivity contribution in [1.29, 1.82) is 0 Å². The molecule has 1 unspecified atom stereocenters. The minimum absolute atomic E-state index is 0.00314. The summed E-state index contributed by atoms with van der Waals surface area (Å²) in [4.78, 5) is 28.9. The van der Waals surface area contributed by atoms with Gasteiger partial charge in [-0.3, -0.25) is 9.59 Å². The summed E-state index contributed by atoms with van der Waals surface area (Å²) in [7, 11) is 0. The molecule has 0 saturated heterocycles. The third kappa shape index (κ3) is 7.58. The number of carbonyl (C=O) groups is 2. The van der Waals surface area contributed by atoms with E-state index < -0.39 is 6.04 Å². The average molecular weight is 459 g/mol. The van der Waals surface area contributed by atoms with Gasteiger partial charge in [0, 0.05) is 34.7 Å². The van der Waals surface area contributed by atoms with Crippen molar-refractivity contribution in [2.75, 3.05) is 5.75 Å². The average Bonchev–Trinajstić information content (AvgIpc) is 2.79. The Morgan fingerprint density at radius 1 is 1.06 bits per heavy atom. The van der Waals surface area contributed by atoms with Crippen molar-refractivity contribution in [1.82, 2.24) is 10.2 Å². The van der Waals surface area contributed by atoms with E-state index >= 15 is 0 Å². The molecule has 2 amide bonds. The normalized spacial score (nSPS) is 15.3. The van der Waals surface area contributed by atoms with Crippen LogP contribution in [0.1, 0.15) is 51.0 Å². The Bertz CT molecular complexity index is 838. The van der Waals surface area contributed by atoms with Crippen molar-refractivity contribution in [3.63, 3.8) is 0 Å². The molecule has 166 valence electrons. The molecule has 1 atom stereocenters. The molecule has 3 rings (SSSR count). The van der Waals surface area contributed by atoms with Crippen LogP contribution in [-0.2, 0) is 16.1 Å². The fourth-order valence-corrected chi connectivity index (χ4v) is 4.83. The Hall–Kier alpha value is -1.98. The molecule has 31 heavy (non-hydrogen) atoms. The Morgan fingerprint density at radius 3 is 2.42 bits per heavy atom. The van der Waals surface area contributed by atoms with Crippen LogP contribution in [0.3, 0.4) is 0 Å². The first kappa shape index (κ1) is 23.7. The summed E-state index contributed by atoms with van der Waals surface area (Å²) in [5.41, 5.74) is 1.03. The SMILES string of the molecule is CC(C(=O)NC1CCCCC1)N(Cc1ccccc1)C(=O)CCSc1ccc(Cl)cc1. The zero-order valence-corrected chi connectivity index (χ0v) is 19.6. The van der Waals surface area contributed by atoms with Crippen LogP contribution < -0.4 is 5.32 Å². The molecular weight excluding hydrogens is 428 g/mol. The maximum Gasteiger partial charge on any atom is 0.242 e. The standard InChI is InChI=1S/C25H31ClN2O2S/c1-19(25(30)27-22-10-6-3-7-11-22)28(18-20-8-4-2-5-9-20)24(29)16-17-31-23-14-12-21(26)13-15-23/h2,4-5,8-9,12-15,19,22H,3,6-7,10-11,16-18H2,1H3,(H,27,30). The maximum atomic E-state index is 13.1. The number of hydrogen-bond acceptors (Lipinski definition) is 3. The van der Waals surface area contributed by atoms with Crippen LogP contribution in [-0.4, -0.2) is 34.6 Å². The highest BCUT2D eigenvalue weighted by atomic mass is 35.5. The monoisotopic (exact) mass is 458 g/mol. The number of rotatable bonds is 9. The molecule has 0 bridgehead atoms. The Morgan fingerprint density at radius 2 is 1.74 bits per heavy atom. The number of benzene rings is 2. The van der Waals surface area contributed by atoms with E-state index in [1.807, 2.05) is 61.5 Å². The van der Waals surface area contributed by atoms with Gasteiger partial charge in [-0.15, -0.1) is 11.8 Å². The number of amides is 2. The lowest BCUT2D eigenvalue weighted by atomic mass is 9.95. The van der Waals surface area contributed by atoms with Crippen LogP contribution in [0.4, 0.5) is 0 Å². The van der Waals surface area contributed by atoms with E-state index in [1.165, 1.54) is 6.42 Å². The second-order valence-corrected chi connectivity index (χ2v) is 9.68. The minimum Gasteiger partial charge on any atom is -0.352 e. The first-order valence-corrected chi connectivity index (χ1v) is 12.4. The lowest BCUT2D eigenvalue weighted by Crippen LogP contribution is -2.50. The van der Waals surface area contributed by atoms with E-state index in [0.717, 1.165) is 36.1 Å². The molecule has 2 aromatic rings. The largest absolute Gasteiger partial charge is 0.352 e. The number of thioether (sulfide) groups is 1. The van der Waals surface area contributed by atoms with Gasteiger partial charge in [-0.2, -0.15) is 0 Å². The fourth-order valence-electron chi connectivity index (χ4n) is 3.86. The summed E-state index contributed by atoms with van der Waals surface area (Å²) in [6.07, 6.45) is 6.00. The van der Waals surface area contributed by atoms with E-state index in [4.69, 9.17) is 11.6 Å². The number of nitrogens with one attached hydrogen (secondary N) is 1. The van der Waals surface area contributed by atoms with Crippen molar-refractivity contribution in [2.45, 2.75) is 69.0 Å². The Balaban J connectivity index is 1.61. The molecule has 0 aromatic heterocycles. The van der Waals surface area contributed by atoms with Gasteiger partial charge in [-0.05, 0) is 49.6 Å². The molecule has 0 spiro atoms. The highest BCUT2D eigenvalue weighted by Gasteiger charge is 2.27. The smallest absolute Gasteiger partial charge is 0.242 e. The number of hydrogen-bond donors (Lipinski definition) is 1. The van der Waals surface area contributed by atoms with Crippen molar-refractivity contribution in [3.05, 3.63) is 65.2 Å². The highest BCUT2D eigenvalue weighted by molar-refractivity contribution is 7.99. The van der Waals surface area contributed by atoms with Crippen LogP contribution in [0, 0.1) is 0 Å².